The van der Waals surface area contributed by atoms with Crippen LogP contribution in [0.25, 0.3) is 0 Å². The molecule has 2 saturated heterocycles. The number of hydrogen-bond acceptors (Lipinski definition) is 4. The van der Waals surface area contributed by atoms with Crippen LogP contribution in [0.4, 0.5) is 0 Å². The maximum atomic E-state index is 12.1. The van der Waals surface area contributed by atoms with Gasteiger partial charge in [0.15, 0.2) is 0 Å². The molecular weight excluding hydrogens is 218 g/mol. The van der Waals surface area contributed by atoms with E-state index in [1.165, 1.54) is 0 Å². The summed E-state index contributed by atoms with van der Waals surface area (Å²) in [6.45, 7) is 5.75. The van der Waals surface area contributed by atoms with Gasteiger partial charge in [-0.25, -0.2) is 0 Å². The average molecular weight is 241 g/mol. The third-order valence-corrected chi connectivity index (χ3v) is 3.67. The molecule has 17 heavy (non-hydrogen) atoms. The van der Waals surface area contributed by atoms with Crippen molar-refractivity contribution in [1.82, 2.24) is 15.1 Å². The maximum absolute atomic E-state index is 12.1. The van der Waals surface area contributed by atoms with Crippen LogP contribution in [0.5, 0.6) is 0 Å². The van der Waals surface area contributed by atoms with Crippen LogP contribution in [0.2, 0.25) is 0 Å². The molecule has 0 aliphatic carbocycles. The first kappa shape index (κ1) is 12.8. The Morgan fingerprint density at radius 3 is 2.65 bits per heavy atom. The Labute approximate surface area is 103 Å². The monoisotopic (exact) mass is 241 g/mol. The van der Waals surface area contributed by atoms with Crippen molar-refractivity contribution in [1.29, 1.82) is 0 Å². The first-order valence-corrected chi connectivity index (χ1v) is 6.54. The smallest absolute Gasteiger partial charge is 0.236 e. The second-order valence-corrected chi connectivity index (χ2v) is 4.89. The maximum Gasteiger partial charge on any atom is 0.236 e. The molecule has 0 unspecified atom stereocenters. The second kappa shape index (κ2) is 6.33. The lowest BCUT2D eigenvalue weighted by molar-refractivity contribution is -0.133. The van der Waals surface area contributed by atoms with E-state index in [0.29, 0.717) is 12.6 Å². The molecule has 5 heteroatoms. The Morgan fingerprint density at radius 1 is 1.35 bits per heavy atom. The molecule has 2 heterocycles. The summed E-state index contributed by atoms with van der Waals surface area (Å²) in [5, 5.41) is 3.26. The number of piperazine rings is 1. The van der Waals surface area contributed by atoms with E-state index >= 15 is 0 Å². The van der Waals surface area contributed by atoms with E-state index in [-0.39, 0.29) is 5.91 Å². The normalized spacial score (nSPS) is 23.1. The molecule has 1 amide bonds. The van der Waals surface area contributed by atoms with E-state index in [0.717, 1.165) is 52.2 Å². The standard InChI is InChI=1S/C12H23N3O2/c1-14(11-2-8-17-9-3-11)10-12(16)15-6-4-13-5-7-15/h11,13H,2-10H2,1H3. The molecule has 0 bridgehead atoms. The van der Waals surface area contributed by atoms with Gasteiger partial charge in [0.25, 0.3) is 0 Å². The molecule has 0 aromatic carbocycles. The van der Waals surface area contributed by atoms with Crippen molar-refractivity contribution in [2.45, 2.75) is 18.9 Å². The van der Waals surface area contributed by atoms with E-state index < -0.39 is 0 Å². The van der Waals surface area contributed by atoms with Crippen LogP contribution in [0.15, 0.2) is 0 Å². The van der Waals surface area contributed by atoms with Gasteiger partial charge in [0.1, 0.15) is 0 Å². The van der Waals surface area contributed by atoms with Crippen LogP contribution in [0.3, 0.4) is 0 Å². The van der Waals surface area contributed by atoms with Crippen LogP contribution >= 0.6 is 0 Å². The largest absolute Gasteiger partial charge is 0.381 e. The van der Waals surface area contributed by atoms with E-state index in [1.807, 2.05) is 4.90 Å². The lowest BCUT2D eigenvalue weighted by Crippen LogP contribution is -2.50. The van der Waals surface area contributed by atoms with Crippen molar-refractivity contribution in [2.75, 3.05) is 53.0 Å². The summed E-state index contributed by atoms with van der Waals surface area (Å²) in [7, 11) is 2.05. The van der Waals surface area contributed by atoms with Gasteiger partial charge in [0, 0.05) is 45.4 Å². The van der Waals surface area contributed by atoms with E-state index in [2.05, 4.69) is 17.3 Å². The molecule has 98 valence electrons. The number of carbonyl (C=O) groups is 1. The van der Waals surface area contributed by atoms with E-state index in [9.17, 15) is 4.79 Å². The quantitative estimate of drug-likeness (QED) is 0.725. The Kier molecular flexibility index (Phi) is 4.76. The molecule has 2 fully saturated rings. The van der Waals surface area contributed by atoms with Gasteiger partial charge < -0.3 is 15.0 Å². The number of nitrogens with one attached hydrogen (secondary N) is 1. The Morgan fingerprint density at radius 2 is 2.00 bits per heavy atom. The fraction of sp³-hybridized carbons (Fsp3) is 0.917. The lowest BCUT2D eigenvalue weighted by atomic mass is 10.1. The zero-order chi connectivity index (χ0) is 12.1. The summed E-state index contributed by atoms with van der Waals surface area (Å²) >= 11 is 0. The average Bonchev–Trinajstić information content (AvgIpc) is 2.40. The minimum Gasteiger partial charge on any atom is -0.381 e. The van der Waals surface area contributed by atoms with Crippen LogP contribution in [0.1, 0.15) is 12.8 Å². The first-order chi connectivity index (χ1) is 8.27. The van der Waals surface area contributed by atoms with Crippen LogP contribution in [-0.4, -0.2) is 74.7 Å². The highest BCUT2D eigenvalue weighted by molar-refractivity contribution is 5.78. The molecule has 5 nitrogen and oxygen atoms in total. The van der Waals surface area contributed by atoms with E-state index in [1.54, 1.807) is 0 Å². The summed E-state index contributed by atoms with van der Waals surface area (Å²) in [6, 6.07) is 0.510. The topological polar surface area (TPSA) is 44.8 Å². The van der Waals surface area contributed by atoms with Gasteiger partial charge in [-0.05, 0) is 19.9 Å². The minimum absolute atomic E-state index is 0.264. The number of ether oxygens (including phenoxy) is 1. The van der Waals surface area contributed by atoms with Crippen LogP contribution < -0.4 is 5.32 Å². The summed E-state index contributed by atoms with van der Waals surface area (Å²) in [6.07, 6.45) is 2.09. The van der Waals surface area contributed by atoms with Gasteiger partial charge >= 0.3 is 0 Å². The van der Waals surface area contributed by atoms with Crippen molar-refractivity contribution < 1.29 is 9.53 Å². The summed E-state index contributed by atoms with van der Waals surface area (Å²) < 4.78 is 5.34. The van der Waals surface area contributed by atoms with Crippen molar-refractivity contribution in [3.63, 3.8) is 0 Å². The van der Waals surface area contributed by atoms with Gasteiger partial charge in [-0.2, -0.15) is 0 Å². The van der Waals surface area contributed by atoms with Gasteiger partial charge in [0.2, 0.25) is 5.91 Å². The Bertz CT molecular complexity index is 248. The highest BCUT2D eigenvalue weighted by atomic mass is 16.5. The van der Waals surface area contributed by atoms with Gasteiger partial charge in [-0.15, -0.1) is 0 Å². The summed E-state index contributed by atoms with van der Waals surface area (Å²) in [4.78, 5) is 16.2. The second-order valence-electron chi connectivity index (χ2n) is 4.89. The zero-order valence-corrected chi connectivity index (χ0v) is 10.7. The Balaban J connectivity index is 1.76. The van der Waals surface area contributed by atoms with Gasteiger partial charge in [0.05, 0.1) is 6.54 Å². The third kappa shape index (κ3) is 3.66. The molecule has 2 aliphatic rings. The third-order valence-electron chi connectivity index (χ3n) is 3.67. The van der Waals surface area contributed by atoms with Crippen molar-refractivity contribution in [3.05, 3.63) is 0 Å². The SMILES string of the molecule is CN(CC(=O)N1CCNCC1)C1CCOCC1. The van der Waals surface area contributed by atoms with E-state index in [4.69, 9.17) is 4.74 Å². The number of rotatable bonds is 3. The molecule has 0 radical (unpaired) electrons. The van der Waals surface area contributed by atoms with Gasteiger partial charge in [-0.3, -0.25) is 9.69 Å². The number of hydrogen-bond donors (Lipinski definition) is 1. The summed E-state index contributed by atoms with van der Waals surface area (Å²) in [5.74, 6) is 0.264. The fourth-order valence-corrected chi connectivity index (χ4v) is 2.48. The molecular formula is C12H23N3O2. The first-order valence-electron chi connectivity index (χ1n) is 6.54. The minimum atomic E-state index is 0.264. The summed E-state index contributed by atoms with van der Waals surface area (Å²) in [5.41, 5.74) is 0. The van der Waals surface area contributed by atoms with Crippen LogP contribution in [0, 0.1) is 0 Å². The number of carbonyl (C=O) groups excluding carboxylic acids is 1. The molecule has 2 rings (SSSR count). The molecule has 0 atom stereocenters. The zero-order valence-electron chi connectivity index (χ0n) is 10.7. The van der Waals surface area contributed by atoms with Crippen molar-refractivity contribution in [2.24, 2.45) is 0 Å². The Hall–Kier alpha value is -0.650. The predicted octanol–water partition coefficient (Wildman–Crippen LogP) is -0.471. The van der Waals surface area contributed by atoms with Crippen molar-refractivity contribution in [3.8, 4) is 0 Å². The van der Waals surface area contributed by atoms with Gasteiger partial charge in [-0.1, -0.05) is 0 Å². The highest BCUT2D eigenvalue weighted by Crippen LogP contribution is 2.12. The molecule has 1 N–H and O–H groups in total. The molecule has 0 spiro atoms. The lowest BCUT2D eigenvalue weighted by Gasteiger charge is -2.33. The van der Waals surface area contributed by atoms with Crippen LogP contribution in [-0.2, 0) is 9.53 Å². The molecule has 0 aromatic rings. The highest BCUT2D eigenvalue weighted by Gasteiger charge is 2.23. The fourth-order valence-electron chi connectivity index (χ4n) is 2.48. The molecule has 2 aliphatic heterocycles. The number of likely N-dealkylation sites (N-methyl/N-ethyl adjacent to an activating group) is 1. The number of nitrogens with zero attached hydrogens (tertiary/aromatic N) is 2. The van der Waals surface area contributed by atoms with Crippen molar-refractivity contribution >= 4 is 5.91 Å². The molecule has 0 saturated carbocycles. The molecule has 0 aromatic heterocycles. The predicted molar refractivity (Wildman–Crippen MR) is 65.9 cm³/mol. The number of amides is 1.